The second-order valence-corrected chi connectivity index (χ2v) is 5.43. The van der Waals surface area contributed by atoms with Crippen molar-refractivity contribution in [2.75, 3.05) is 13.1 Å². The number of rotatable bonds is 5. The summed E-state index contributed by atoms with van der Waals surface area (Å²) in [5.41, 5.74) is 0. The van der Waals surface area contributed by atoms with E-state index in [0.717, 1.165) is 50.0 Å². The molecule has 0 unspecified atom stereocenters. The fourth-order valence-corrected chi connectivity index (χ4v) is 2.23. The Morgan fingerprint density at radius 2 is 2.12 bits per heavy atom. The van der Waals surface area contributed by atoms with E-state index in [2.05, 4.69) is 29.3 Å². The van der Waals surface area contributed by atoms with Gasteiger partial charge in [-0.2, -0.15) is 4.98 Å². The number of nitrogens with one attached hydrogen (secondary N) is 1. The second-order valence-electron chi connectivity index (χ2n) is 5.43. The molecule has 0 aliphatic carbocycles. The van der Waals surface area contributed by atoms with Gasteiger partial charge in [0.15, 0.2) is 5.82 Å². The third kappa shape index (κ3) is 4.11. The molecular formula is C13H23N3O. The number of aromatic nitrogens is 2. The molecule has 1 fully saturated rings. The number of aryl methyl sites for hydroxylation is 1. The van der Waals surface area contributed by atoms with Gasteiger partial charge in [-0.05, 0) is 44.2 Å². The molecule has 0 radical (unpaired) electrons. The molecule has 0 spiro atoms. The van der Waals surface area contributed by atoms with Crippen LogP contribution in [0.3, 0.4) is 0 Å². The number of hydrogen-bond donors (Lipinski definition) is 1. The van der Waals surface area contributed by atoms with Crippen LogP contribution in [-0.4, -0.2) is 23.2 Å². The van der Waals surface area contributed by atoms with E-state index in [0.29, 0.717) is 5.92 Å². The van der Waals surface area contributed by atoms with Crippen molar-refractivity contribution in [2.45, 2.75) is 46.0 Å². The van der Waals surface area contributed by atoms with Gasteiger partial charge in [-0.3, -0.25) is 0 Å². The van der Waals surface area contributed by atoms with Crippen LogP contribution >= 0.6 is 0 Å². The van der Waals surface area contributed by atoms with Crippen LogP contribution < -0.4 is 5.32 Å². The predicted octanol–water partition coefficient (Wildman–Crippen LogP) is 2.20. The van der Waals surface area contributed by atoms with Crippen LogP contribution in [0.5, 0.6) is 0 Å². The molecule has 1 aromatic rings. The molecule has 4 nitrogen and oxygen atoms in total. The zero-order chi connectivity index (χ0) is 12.1. The summed E-state index contributed by atoms with van der Waals surface area (Å²) >= 11 is 0. The van der Waals surface area contributed by atoms with Crippen molar-refractivity contribution in [1.82, 2.24) is 15.5 Å². The van der Waals surface area contributed by atoms with Gasteiger partial charge in [0.1, 0.15) is 0 Å². The molecule has 1 saturated heterocycles. The zero-order valence-electron chi connectivity index (χ0n) is 10.9. The average Bonchev–Trinajstić information content (AvgIpc) is 2.75. The van der Waals surface area contributed by atoms with E-state index in [9.17, 15) is 0 Å². The molecule has 0 atom stereocenters. The third-order valence-electron chi connectivity index (χ3n) is 3.38. The highest BCUT2D eigenvalue weighted by Crippen LogP contribution is 2.17. The van der Waals surface area contributed by atoms with Gasteiger partial charge in [0.25, 0.3) is 0 Å². The molecule has 17 heavy (non-hydrogen) atoms. The van der Waals surface area contributed by atoms with Gasteiger partial charge in [-0.25, -0.2) is 0 Å². The summed E-state index contributed by atoms with van der Waals surface area (Å²) in [6.45, 7) is 6.68. The SMILES string of the molecule is CC(C)CCc1noc(CC2CCNCC2)n1. The molecule has 0 amide bonds. The molecule has 2 heterocycles. The molecule has 0 aromatic carbocycles. The zero-order valence-corrected chi connectivity index (χ0v) is 10.9. The van der Waals surface area contributed by atoms with Gasteiger partial charge >= 0.3 is 0 Å². The van der Waals surface area contributed by atoms with E-state index in [-0.39, 0.29) is 0 Å². The molecule has 0 bridgehead atoms. The van der Waals surface area contributed by atoms with Crippen LogP contribution in [0.15, 0.2) is 4.52 Å². The highest BCUT2D eigenvalue weighted by Gasteiger charge is 2.17. The molecule has 0 saturated carbocycles. The van der Waals surface area contributed by atoms with Crippen molar-refractivity contribution in [3.05, 3.63) is 11.7 Å². The number of hydrogen-bond acceptors (Lipinski definition) is 4. The Balaban J connectivity index is 1.80. The quantitative estimate of drug-likeness (QED) is 0.853. The number of nitrogens with zero attached hydrogens (tertiary/aromatic N) is 2. The Hall–Kier alpha value is -0.900. The van der Waals surface area contributed by atoms with Crippen molar-refractivity contribution >= 4 is 0 Å². The molecular weight excluding hydrogens is 214 g/mol. The van der Waals surface area contributed by atoms with E-state index in [4.69, 9.17) is 4.52 Å². The molecule has 1 aromatic heterocycles. The Morgan fingerprint density at radius 3 is 2.82 bits per heavy atom. The van der Waals surface area contributed by atoms with E-state index < -0.39 is 0 Å². The smallest absolute Gasteiger partial charge is 0.226 e. The van der Waals surface area contributed by atoms with Crippen molar-refractivity contribution in [2.24, 2.45) is 11.8 Å². The predicted molar refractivity (Wildman–Crippen MR) is 66.8 cm³/mol. The second kappa shape index (κ2) is 6.15. The van der Waals surface area contributed by atoms with E-state index in [1.807, 2.05) is 0 Å². The first-order chi connectivity index (χ1) is 8.24. The Bertz CT molecular complexity index is 329. The minimum atomic E-state index is 0.696. The monoisotopic (exact) mass is 237 g/mol. The van der Waals surface area contributed by atoms with Crippen LogP contribution in [0, 0.1) is 11.8 Å². The van der Waals surface area contributed by atoms with Gasteiger partial charge in [-0.15, -0.1) is 0 Å². The Kier molecular flexibility index (Phi) is 4.54. The van der Waals surface area contributed by atoms with Gasteiger partial charge in [0, 0.05) is 12.8 Å². The summed E-state index contributed by atoms with van der Waals surface area (Å²) in [5, 5.41) is 7.42. The van der Waals surface area contributed by atoms with Gasteiger partial charge in [0.05, 0.1) is 0 Å². The molecule has 4 heteroatoms. The average molecular weight is 237 g/mol. The van der Waals surface area contributed by atoms with Crippen molar-refractivity contribution in [1.29, 1.82) is 0 Å². The number of piperidine rings is 1. The normalized spacial score (nSPS) is 17.8. The van der Waals surface area contributed by atoms with Gasteiger partial charge < -0.3 is 9.84 Å². The van der Waals surface area contributed by atoms with Crippen molar-refractivity contribution < 1.29 is 4.52 Å². The highest BCUT2D eigenvalue weighted by atomic mass is 16.5. The maximum absolute atomic E-state index is 5.32. The van der Waals surface area contributed by atoms with E-state index in [1.54, 1.807) is 0 Å². The minimum Gasteiger partial charge on any atom is -0.339 e. The lowest BCUT2D eigenvalue weighted by atomic mass is 9.95. The van der Waals surface area contributed by atoms with Crippen molar-refractivity contribution in [3.63, 3.8) is 0 Å². The van der Waals surface area contributed by atoms with E-state index >= 15 is 0 Å². The fraction of sp³-hybridized carbons (Fsp3) is 0.846. The summed E-state index contributed by atoms with van der Waals surface area (Å²) < 4.78 is 5.32. The maximum Gasteiger partial charge on any atom is 0.226 e. The maximum atomic E-state index is 5.32. The van der Waals surface area contributed by atoms with Crippen LogP contribution in [-0.2, 0) is 12.8 Å². The lowest BCUT2D eigenvalue weighted by molar-refractivity contribution is 0.311. The molecule has 1 aliphatic heterocycles. The molecule has 96 valence electrons. The van der Waals surface area contributed by atoms with Crippen molar-refractivity contribution in [3.8, 4) is 0 Å². The van der Waals surface area contributed by atoms with Gasteiger partial charge in [-0.1, -0.05) is 19.0 Å². The Labute approximate surface area is 103 Å². The summed E-state index contributed by atoms with van der Waals surface area (Å²) in [5.74, 6) is 3.12. The summed E-state index contributed by atoms with van der Waals surface area (Å²) in [7, 11) is 0. The van der Waals surface area contributed by atoms with Crippen LogP contribution in [0.25, 0.3) is 0 Å². The molecule has 2 rings (SSSR count). The van der Waals surface area contributed by atoms with Crippen LogP contribution in [0.1, 0.15) is 44.8 Å². The first-order valence-corrected chi connectivity index (χ1v) is 6.76. The first kappa shape index (κ1) is 12.6. The largest absolute Gasteiger partial charge is 0.339 e. The highest BCUT2D eigenvalue weighted by molar-refractivity contribution is 4.89. The standard InChI is InChI=1S/C13H23N3O/c1-10(2)3-4-12-15-13(17-16-12)9-11-5-7-14-8-6-11/h10-11,14H,3-9H2,1-2H3. The lowest BCUT2D eigenvalue weighted by Gasteiger charge is -2.20. The fourth-order valence-electron chi connectivity index (χ4n) is 2.23. The van der Waals surface area contributed by atoms with E-state index in [1.165, 1.54) is 12.8 Å². The summed E-state index contributed by atoms with van der Waals surface area (Å²) in [6.07, 6.45) is 5.48. The molecule has 1 aliphatic rings. The first-order valence-electron chi connectivity index (χ1n) is 6.76. The third-order valence-corrected chi connectivity index (χ3v) is 3.38. The minimum absolute atomic E-state index is 0.696. The topological polar surface area (TPSA) is 51.0 Å². The van der Waals surface area contributed by atoms with Crippen LogP contribution in [0.4, 0.5) is 0 Å². The summed E-state index contributed by atoms with van der Waals surface area (Å²) in [6, 6.07) is 0. The van der Waals surface area contributed by atoms with Gasteiger partial charge in [0.2, 0.25) is 5.89 Å². The summed E-state index contributed by atoms with van der Waals surface area (Å²) in [4.78, 5) is 4.48. The molecule has 1 N–H and O–H groups in total. The van der Waals surface area contributed by atoms with Crippen LogP contribution in [0.2, 0.25) is 0 Å². The Morgan fingerprint density at radius 1 is 1.35 bits per heavy atom. The lowest BCUT2D eigenvalue weighted by Crippen LogP contribution is -2.28.